The molecule has 1 heterocycles. The monoisotopic (exact) mass is 388 g/mol. The number of aromatic nitrogens is 1. The number of fused-ring (bicyclic) bond motifs is 1. The summed E-state index contributed by atoms with van der Waals surface area (Å²) in [7, 11) is 0. The van der Waals surface area contributed by atoms with Crippen LogP contribution in [-0.4, -0.2) is 17.0 Å². The average molecular weight is 389 g/mol. The summed E-state index contributed by atoms with van der Waals surface area (Å²) in [6.07, 6.45) is 0.916. The molecule has 0 fully saturated rings. The molecule has 6 heteroatoms. The largest absolute Gasteiger partial charge is 0.480 e. The highest BCUT2D eigenvalue weighted by molar-refractivity contribution is 9.10. The van der Waals surface area contributed by atoms with Gasteiger partial charge in [0.15, 0.2) is 6.10 Å². The Bertz CT molecular complexity index is 896. The zero-order chi connectivity index (χ0) is 17.1. The van der Waals surface area contributed by atoms with Crippen molar-refractivity contribution in [1.82, 2.24) is 4.98 Å². The van der Waals surface area contributed by atoms with E-state index in [-0.39, 0.29) is 11.7 Å². The lowest BCUT2D eigenvalue weighted by Crippen LogP contribution is -2.30. The minimum absolute atomic E-state index is 0.315. The van der Waals surface area contributed by atoms with Gasteiger partial charge in [-0.1, -0.05) is 18.2 Å². The number of rotatable bonds is 4. The summed E-state index contributed by atoms with van der Waals surface area (Å²) >= 11 is 3.22. The van der Waals surface area contributed by atoms with Crippen molar-refractivity contribution < 1.29 is 13.9 Å². The molecule has 1 aromatic heterocycles. The molecule has 0 aliphatic rings. The maximum atomic E-state index is 13.1. The fourth-order valence-corrected chi connectivity index (χ4v) is 2.70. The summed E-state index contributed by atoms with van der Waals surface area (Å²) in [4.78, 5) is 16.7. The van der Waals surface area contributed by atoms with E-state index in [1.54, 1.807) is 19.2 Å². The van der Waals surface area contributed by atoms with Crippen molar-refractivity contribution in [2.45, 2.75) is 13.0 Å². The van der Waals surface area contributed by atoms with Crippen molar-refractivity contribution in [1.29, 1.82) is 0 Å². The van der Waals surface area contributed by atoms with E-state index in [0.717, 1.165) is 5.39 Å². The predicted octanol–water partition coefficient (Wildman–Crippen LogP) is 4.54. The smallest absolute Gasteiger partial charge is 0.265 e. The summed E-state index contributed by atoms with van der Waals surface area (Å²) in [5.41, 5.74) is 1.33. The van der Waals surface area contributed by atoms with E-state index in [9.17, 15) is 9.18 Å². The number of para-hydroxylation sites is 1. The van der Waals surface area contributed by atoms with Crippen LogP contribution in [0, 0.1) is 5.82 Å². The maximum absolute atomic E-state index is 13.1. The number of carbonyl (C=O) groups is 1. The second-order valence-corrected chi connectivity index (χ2v) is 6.06. The Labute approximate surface area is 146 Å². The summed E-state index contributed by atoms with van der Waals surface area (Å²) < 4.78 is 19.2. The number of amides is 1. The van der Waals surface area contributed by atoms with Gasteiger partial charge in [0.05, 0.1) is 15.7 Å². The number of nitrogens with zero attached hydrogens (tertiary/aromatic N) is 1. The van der Waals surface area contributed by atoms with E-state index in [4.69, 9.17) is 4.74 Å². The van der Waals surface area contributed by atoms with E-state index < -0.39 is 6.10 Å². The van der Waals surface area contributed by atoms with Gasteiger partial charge in [-0.3, -0.25) is 9.78 Å². The molecule has 0 aliphatic carbocycles. The van der Waals surface area contributed by atoms with Crippen LogP contribution in [0.3, 0.4) is 0 Å². The number of hydrogen-bond acceptors (Lipinski definition) is 3. The second kappa shape index (κ2) is 6.97. The molecular weight excluding hydrogens is 375 g/mol. The zero-order valence-electron chi connectivity index (χ0n) is 12.8. The molecule has 0 radical (unpaired) electrons. The highest BCUT2D eigenvalue weighted by Crippen LogP contribution is 2.27. The molecule has 122 valence electrons. The molecule has 1 N–H and O–H groups in total. The minimum atomic E-state index is -0.759. The van der Waals surface area contributed by atoms with Gasteiger partial charge in [-0.05, 0) is 53.2 Å². The van der Waals surface area contributed by atoms with Gasteiger partial charge >= 0.3 is 0 Å². The quantitative estimate of drug-likeness (QED) is 0.713. The molecule has 4 nitrogen and oxygen atoms in total. The third-order valence-corrected chi connectivity index (χ3v) is 4.08. The normalized spacial score (nSPS) is 12.0. The van der Waals surface area contributed by atoms with Gasteiger partial charge in [0.2, 0.25) is 0 Å². The van der Waals surface area contributed by atoms with Crippen molar-refractivity contribution >= 4 is 38.4 Å². The number of pyridine rings is 1. The zero-order valence-corrected chi connectivity index (χ0v) is 14.4. The minimum Gasteiger partial charge on any atom is -0.480 e. The summed E-state index contributed by atoms with van der Waals surface area (Å²) in [6, 6.07) is 13.4. The number of anilines is 1. The lowest BCUT2D eigenvalue weighted by molar-refractivity contribution is -0.122. The van der Waals surface area contributed by atoms with Gasteiger partial charge < -0.3 is 10.1 Å². The van der Waals surface area contributed by atoms with Crippen LogP contribution in [0.2, 0.25) is 0 Å². The van der Waals surface area contributed by atoms with Crippen molar-refractivity contribution in [2.24, 2.45) is 0 Å². The molecule has 0 saturated heterocycles. The molecule has 3 aromatic rings. The number of carbonyl (C=O) groups excluding carboxylic acids is 1. The van der Waals surface area contributed by atoms with Gasteiger partial charge in [0, 0.05) is 11.6 Å². The Hall–Kier alpha value is -2.47. The van der Waals surface area contributed by atoms with E-state index in [0.29, 0.717) is 21.4 Å². The predicted molar refractivity (Wildman–Crippen MR) is 94.6 cm³/mol. The molecule has 0 aliphatic heterocycles. The number of ether oxygens (including phenoxy) is 1. The van der Waals surface area contributed by atoms with Gasteiger partial charge in [0.25, 0.3) is 5.91 Å². The lowest BCUT2D eigenvalue weighted by atomic mass is 10.2. The van der Waals surface area contributed by atoms with Crippen LogP contribution in [0.1, 0.15) is 6.92 Å². The van der Waals surface area contributed by atoms with E-state index in [2.05, 4.69) is 26.2 Å². The molecule has 1 amide bonds. The fourth-order valence-electron chi connectivity index (χ4n) is 2.25. The third kappa shape index (κ3) is 3.54. The van der Waals surface area contributed by atoms with Crippen LogP contribution < -0.4 is 10.1 Å². The highest BCUT2D eigenvalue weighted by Gasteiger charge is 2.17. The van der Waals surface area contributed by atoms with Crippen LogP contribution in [0.15, 0.2) is 59.2 Å². The molecule has 0 spiro atoms. The van der Waals surface area contributed by atoms with Crippen LogP contribution in [-0.2, 0) is 4.79 Å². The molecule has 0 saturated carbocycles. The lowest BCUT2D eigenvalue weighted by Gasteiger charge is -2.16. The maximum Gasteiger partial charge on any atom is 0.265 e. The Morgan fingerprint density at radius 1 is 1.25 bits per heavy atom. The average Bonchev–Trinajstić information content (AvgIpc) is 2.57. The van der Waals surface area contributed by atoms with Crippen molar-refractivity contribution in [3.8, 4) is 5.75 Å². The number of nitrogens with one attached hydrogen (secondary N) is 1. The van der Waals surface area contributed by atoms with Gasteiger partial charge in [-0.2, -0.15) is 0 Å². The Morgan fingerprint density at radius 3 is 2.83 bits per heavy atom. The number of hydrogen-bond donors (Lipinski definition) is 1. The Morgan fingerprint density at radius 2 is 2.04 bits per heavy atom. The van der Waals surface area contributed by atoms with Crippen molar-refractivity contribution in [3.63, 3.8) is 0 Å². The third-order valence-electron chi connectivity index (χ3n) is 3.46. The van der Waals surface area contributed by atoms with Gasteiger partial charge in [0.1, 0.15) is 11.6 Å². The summed E-state index contributed by atoms with van der Waals surface area (Å²) in [6.45, 7) is 1.63. The molecule has 1 unspecified atom stereocenters. The van der Waals surface area contributed by atoms with E-state index in [1.165, 1.54) is 18.2 Å². The topological polar surface area (TPSA) is 51.2 Å². The summed E-state index contributed by atoms with van der Waals surface area (Å²) in [5, 5.41) is 3.76. The van der Waals surface area contributed by atoms with Crippen LogP contribution in [0.4, 0.5) is 10.1 Å². The second-order valence-electron chi connectivity index (χ2n) is 5.20. The van der Waals surface area contributed by atoms with Crippen LogP contribution in [0.25, 0.3) is 10.9 Å². The Balaban J connectivity index is 1.76. The van der Waals surface area contributed by atoms with Gasteiger partial charge in [-0.25, -0.2) is 4.39 Å². The van der Waals surface area contributed by atoms with Crippen molar-refractivity contribution in [3.05, 3.63) is 65.0 Å². The SMILES string of the molecule is CC(Oc1ccc(F)cc1Br)C(=O)Nc1cccc2cccnc12. The fraction of sp³-hybridized carbons (Fsp3) is 0.111. The van der Waals surface area contributed by atoms with E-state index in [1.807, 2.05) is 24.3 Å². The molecule has 0 bridgehead atoms. The first kappa shape index (κ1) is 16.4. The highest BCUT2D eigenvalue weighted by atomic mass is 79.9. The first-order chi connectivity index (χ1) is 11.5. The van der Waals surface area contributed by atoms with Crippen LogP contribution >= 0.6 is 15.9 Å². The van der Waals surface area contributed by atoms with Gasteiger partial charge in [-0.15, -0.1) is 0 Å². The Kier molecular flexibility index (Phi) is 4.76. The molecular formula is C18H14BrFN2O2. The first-order valence-corrected chi connectivity index (χ1v) is 8.10. The summed E-state index contributed by atoms with van der Waals surface area (Å²) in [5.74, 6) is -0.298. The molecule has 1 atom stereocenters. The standard InChI is InChI=1S/C18H14BrFN2O2/c1-11(24-16-8-7-13(20)10-14(16)19)18(23)22-15-6-2-4-12-5-3-9-21-17(12)15/h2-11H,1H3,(H,22,23). The first-order valence-electron chi connectivity index (χ1n) is 7.31. The molecule has 3 rings (SSSR count). The van der Waals surface area contributed by atoms with E-state index >= 15 is 0 Å². The van der Waals surface area contributed by atoms with Crippen LogP contribution in [0.5, 0.6) is 5.75 Å². The van der Waals surface area contributed by atoms with Crippen molar-refractivity contribution in [2.75, 3.05) is 5.32 Å². The molecule has 24 heavy (non-hydrogen) atoms. The number of halogens is 2. The number of benzene rings is 2. The molecule has 2 aromatic carbocycles.